The first-order chi connectivity index (χ1) is 7.72. The highest BCUT2D eigenvalue weighted by Gasteiger charge is 2.27. The Bertz CT molecular complexity index is 254. The number of halogens is 1. The summed E-state index contributed by atoms with van der Waals surface area (Å²) in [5, 5.41) is 10.1. The van der Waals surface area contributed by atoms with Crippen LogP contribution in [0.15, 0.2) is 0 Å². The fourth-order valence-electron chi connectivity index (χ4n) is 1.48. The normalized spacial score (nSPS) is 20.2. The summed E-state index contributed by atoms with van der Waals surface area (Å²) in [7, 11) is 0. The second-order valence-corrected chi connectivity index (χ2v) is 3.31. The average Bonchev–Trinajstić information content (AvgIpc) is 2.31. The molecule has 0 aromatic carbocycles. The van der Waals surface area contributed by atoms with E-state index in [0.717, 1.165) is 11.3 Å². The van der Waals surface area contributed by atoms with Gasteiger partial charge in [0.1, 0.15) is 6.34 Å². The van der Waals surface area contributed by atoms with Crippen molar-refractivity contribution in [2.45, 2.75) is 13.0 Å². The molecule has 1 unspecified atom stereocenters. The number of hydrazine groups is 1. The van der Waals surface area contributed by atoms with Gasteiger partial charge in [0.05, 0.1) is 19.3 Å². The largest absolute Gasteiger partial charge is 0.448 e. The summed E-state index contributed by atoms with van der Waals surface area (Å²) in [5.74, 6) is 0. The van der Waals surface area contributed by atoms with E-state index >= 15 is 0 Å². The molecule has 17 heavy (non-hydrogen) atoms. The Morgan fingerprint density at radius 1 is 1.76 bits per heavy atom. The lowest BCUT2D eigenvalue weighted by molar-refractivity contribution is -0.0805. The van der Waals surface area contributed by atoms with Crippen LogP contribution < -0.4 is 5.73 Å². The molecular weight excluding hydrogens is 248 g/mol. The minimum atomic E-state index is -0.546. The summed E-state index contributed by atoms with van der Waals surface area (Å²) in [6.45, 7) is 3.93. The van der Waals surface area contributed by atoms with E-state index in [2.05, 4.69) is 0 Å². The second kappa shape index (κ2) is 8.24. The van der Waals surface area contributed by atoms with E-state index in [-0.39, 0.29) is 25.1 Å². The number of nitrogens with two attached hydrogens (primary N) is 1. The van der Waals surface area contributed by atoms with E-state index < -0.39 is 6.09 Å². The first-order valence-corrected chi connectivity index (χ1v) is 5.26. The number of morpholine rings is 1. The highest BCUT2D eigenvalue weighted by Crippen LogP contribution is 2.07. The lowest BCUT2D eigenvalue weighted by Gasteiger charge is -2.36. The summed E-state index contributed by atoms with van der Waals surface area (Å²) in [6.07, 6.45) is 0.289. The number of nitrogens with zero attached hydrogens (tertiary/aromatic N) is 2. The van der Waals surface area contributed by atoms with Gasteiger partial charge in [0.2, 0.25) is 0 Å². The number of amides is 1. The van der Waals surface area contributed by atoms with Crippen molar-refractivity contribution < 1.29 is 14.3 Å². The predicted molar refractivity (Wildman–Crippen MR) is 65.3 cm³/mol. The van der Waals surface area contributed by atoms with Crippen LogP contribution in [0.5, 0.6) is 0 Å². The molecule has 0 aromatic heterocycles. The van der Waals surface area contributed by atoms with Crippen LogP contribution in [0.25, 0.3) is 0 Å². The number of rotatable bonds is 4. The molecule has 0 aromatic rings. The molecule has 0 radical (unpaired) electrons. The molecule has 0 spiro atoms. The van der Waals surface area contributed by atoms with E-state index in [9.17, 15) is 4.79 Å². The maximum absolute atomic E-state index is 11.5. The van der Waals surface area contributed by atoms with Gasteiger partial charge in [-0.25, -0.2) is 9.80 Å². The van der Waals surface area contributed by atoms with E-state index in [0.29, 0.717) is 26.2 Å². The summed E-state index contributed by atoms with van der Waals surface area (Å²) in [5.41, 5.74) is 5.50. The summed E-state index contributed by atoms with van der Waals surface area (Å²) >= 11 is 0. The number of ether oxygens (including phenoxy) is 2. The Kier molecular flexibility index (Phi) is 7.81. The molecule has 3 N–H and O–H groups in total. The van der Waals surface area contributed by atoms with E-state index in [1.807, 2.05) is 0 Å². The van der Waals surface area contributed by atoms with Crippen LogP contribution in [0, 0.1) is 5.41 Å². The standard InChI is InChI=1S/C9H18N4O3.ClH/c1-2-15-9(14)13(7-11)12-3-4-16-8(5-10)6-12;/h7-8,11H,2-6,10H2,1H3;1H. The Morgan fingerprint density at radius 3 is 3.00 bits per heavy atom. The SMILES string of the molecule is CCOC(=O)N(C=N)N1CCOC(CN)C1.Cl. The third-order valence-corrected chi connectivity index (χ3v) is 2.26. The van der Waals surface area contributed by atoms with E-state index in [4.69, 9.17) is 20.6 Å². The maximum atomic E-state index is 11.5. The Morgan fingerprint density at radius 2 is 2.47 bits per heavy atom. The van der Waals surface area contributed by atoms with Crippen molar-refractivity contribution in [2.75, 3.05) is 32.8 Å². The summed E-state index contributed by atoms with van der Waals surface area (Å²) in [4.78, 5) is 11.5. The molecule has 1 saturated heterocycles. The number of carbonyl (C=O) groups excluding carboxylic acids is 1. The Labute approximate surface area is 107 Å². The fraction of sp³-hybridized carbons (Fsp3) is 0.778. The molecule has 7 nitrogen and oxygen atoms in total. The molecular formula is C9H19ClN4O3. The van der Waals surface area contributed by atoms with Gasteiger partial charge in [0.25, 0.3) is 0 Å². The van der Waals surface area contributed by atoms with Crippen LogP contribution in [0.3, 0.4) is 0 Å². The van der Waals surface area contributed by atoms with Crippen molar-refractivity contribution in [3.63, 3.8) is 0 Å². The minimum Gasteiger partial charge on any atom is -0.448 e. The molecule has 1 rings (SSSR count). The average molecular weight is 267 g/mol. The lowest BCUT2D eigenvalue weighted by atomic mass is 10.3. The van der Waals surface area contributed by atoms with E-state index in [1.54, 1.807) is 11.9 Å². The third kappa shape index (κ3) is 4.47. The first kappa shape index (κ1) is 16.1. The van der Waals surface area contributed by atoms with Gasteiger partial charge < -0.3 is 15.2 Å². The molecule has 0 aliphatic carbocycles. The molecule has 100 valence electrons. The first-order valence-electron chi connectivity index (χ1n) is 5.26. The van der Waals surface area contributed by atoms with Gasteiger partial charge in [-0.15, -0.1) is 12.4 Å². The molecule has 0 bridgehead atoms. The predicted octanol–water partition coefficient (Wildman–Crippen LogP) is 0.0483. The van der Waals surface area contributed by atoms with Crippen LogP contribution >= 0.6 is 12.4 Å². The van der Waals surface area contributed by atoms with Gasteiger partial charge in [-0.3, -0.25) is 5.41 Å². The summed E-state index contributed by atoms with van der Waals surface area (Å²) in [6, 6.07) is 0. The third-order valence-electron chi connectivity index (χ3n) is 2.26. The molecule has 1 atom stereocenters. The van der Waals surface area contributed by atoms with Crippen molar-refractivity contribution in [1.82, 2.24) is 10.0 Å². The zero-order valence-electron chi connectivity index (χ0n) is 9.80. The second-order valence-electron chi connectivity index (χ2n) is 3.31. The number of nitrogens with one attached hydrogen (secondary N) is 1. The van der Waals surface area contributed by atoms with E-state index in [1.165, 1.54) is 0 Å². The van der Waals surface area contributed by atoms with Crippen molar-refractivity contribution in [3.05, 3.63) is 0 Å². The van der Waals surface area contributed by atoms with Crippen LogP contribution in [0.1, 0.15) is 6.92 Å². The smallest absolute Gasteiger partial charge is 0.430 e. The highest BCUT2D eigenvalue weighted by atomic mass is 35.5. The van der Waals surface area contributed by atoms with Crippen LogP contribution in [-0.2, 0) is 9.47 Å². The molecule has 1 aliphatic rings. The fourth-order valence-corrected chi connectivity index (χ4v) is 1.48. The monoisotopic (exact) mass is 266 g/mol. The van der Waals surface area contributed by atoms with Crippen LogP contribution in [0.4, 0.5) is 4.79 Å². The van der Waals surface area contributed by atoms with Gasteiger partial charge in [-0.1, -0.05) is 0 Å². The molecule has 1 heterocycles. The molecule has 8 heteroatoms. The lowest BCUT2D eigenvalue weighted by Crippen LogP contribution is -2.55. The quantitative estimate of drug-likeness (QED) is 0.554. The van der Waals surface area contributed by atoms with Crippen LogP contribution in [-0.4, -0.2) is 61.4 Å². The van der Waals surface area contributed by atoms with Gasteiger partial charge in [0, 0.05) is 19.6 Å². The van der Waals surface area contributed by atoms with Gasteiger partial charge in [0.15, 0.2) is 0 Å². The molecule has 1 amide bonds. The number of hydrogen-bond donors (Lipinski definition) is 2. The Hall–Kier alpha value is -0.890. The zero-order valence-corrected chi connectivity index (χ0v) is 10.6. The molecule has 1 aliphatic heterocycles. The van der Waals surface area contributed by atoms with Gasteiger partial charge >= 0.3 is 6.09 Å². The van der Waals surface area contributed by atoms with Crippen LogP contribution in [0.2, 0.25) is 0 Å². The van der Waals surface area contributed by atoms with Gasteiger partial charge in [-0.05, 0) is 6.92 Å². The summed E-state index contributed by atoms with van der Waals surface area (Å²) < 4.78 is 10.2. The molecule has 0 saturated carbocycles. The minimum absolute atomic E-state index is 0. The number of hydrogen-bond acceptors (Lipinski definition) is 6. The molecule has 1 fully saturated rings. The topological polar surface area (TPSA) is 91.9 Å². The highest BCUT2D eigenvalue weighted by molar-refractivity contribution is 5.85. The van der Waals surface area contributed by atoms with Gasteiger partial charge in [-0.2, -0.15) is 5.01 Å². The maximum Gasteiger partial charge on any atom is 0.430 e. The Balaban J connectivity index is 0.00000256. The van der Waals surface area contributed by atoms with Crippen molar-refractivity contribution >= 4 is 24.8 Å². The van der Waals surface area contributed by atoms with Crippen molar-refractivity contribution in [1.29, 1.82) is 5.41 Å². The van der Waals surface area contributed by atoms with Crippen molar-refractivity contribution in [2.24, 2.45) is 5.73 Å². The number of carbonyl (C=O) groups is 1. The zero-order chi connectivity index (χ0) is 12.0. The van der Waals surface area contributed by atoms with Crippen molar-refractivity contribution in [3.8, 4) is 0 Å².